The van der Waals surface area contributed by atoms with Crippen LogP contribution in [0.1, 0.15) is 0 Å². The minimum atomic E-state index is -1.11. The summed E-state index contributed by atoms with van der Waals surface area (Å²) in [4.78, 5) is 29.5. The number of nitrogens with zero attached hydrogens (tertiary/aromatic N) is 2. The quantitative estimate of drug-likeness (QED) is 0.593. The number of hydrogen-bond donors (Lipinski definition) is 0. The van der Waals surface area contributed by atoms with E-state index in [0.717, 1.165) is 6.07 Å². The largest absolute Gasteiger partial charge is 0.455 e. The van der Waals surface area contributed by atoms with Crippen LogP contribution >= 0.6 is 0 Å². The Morgan fingerprint density at radius 3 is 2.00 bits per heavy atom. The second-order valence-electron chi connectivity index (χ2n) is 3.63. The lowest BCUT2D eigenvalue weighted by Gasteiger charge is -2.12. The maximum Gasteiger partial charge on any atom is 0.299 e. The molecule has 0 heterocycles. The Kier molecular flexibility index (Phi) is 4.14. The van der Waals surface area contributed by atoms with Crippen molar-refractivity contribution in [2.24, 2.45) is 0 Å². The average Bonchev–Trinajstić information content (AvgIpc) is 2.42. The molecule has 9 heteroatoms. The standard InChI is InChI=1S/C12H8N2O7/c15-13(16)20-11-8-4-7-10(12(11)21-14(17)18)19-9-5-2-1-3-6-9/h1-8H. The van der Waals surface area contributed by atoms with Crippen molar-refractivity contribution in [3.05, 3.63) is 68.8 Å². The van der Waals surface area contributed by atoms with E-state index in [2.05, 4.69) is 9.68 Å². The van der Waals surface area contributed by atoms with E-state index in [1.54, 1.807) is 30.3 Å². The molecule has 0 spiro atoms. The number of rotatable bonds is 6. The van der Waals surface area contributed by atoms with E-state index in [4.69, 9.17) is 4.74 Å². The Morgan fingerprint density at radius 1 is 0.762 bits per heavy atom. The molecule has 2 aromatic rings. The Bertz CT molecular complexity index is 660. The molecule has 0 aliphatic rings. The Hall–Kier alpha value is -3.36. The number of hydrogen-bond acceptors (Lipinski definition) is 7. The molecule has 21 heavy (non-hydrogen) atoms. The van der Waals surface area contributed by atoms with Gasteiger partial charge >= 0.3 is 0 Å². The van der Waals surface area contributed by atoms with Crippen LogP contribution in [-0.2, 0) is 0 Å². The van der Waals surface area contributed by atoms with Crippen molar-refractivity contribution in [1.29, 1.82) is 0 Å². The number of benzene rings is 2. The third-order valence-corrected chi connectivity index (χ3v) is 2.25. The van der Waals surface area contributed by atoms with E-state index in [0.29, 0.717) is 5.75 Å². The van der Waals surface area contributed by atoms with E-state index in [9.17, 15) is 20.2 Å². The monoisotopic (exact) mass is 292 g/mol. The summed E-state index contributed by atoms with van der Waals surface area (Å²) in [5.74, 6) is -0.644. The second kappa shape index (κ2) is 6.19. The molecule has 0 saturated carbocycles. The number of ether oxygens (including phenoxy) is 1. The van der Waals surface area contributed by atoms with E-state index < -0.39 is 21.7 Å². The lowest BCUT2D eigenvalue weighted by atomic mass is 10.3. The van der Waals surface area contributed by atoms with Gasteiger partial charge in [-0.2, -0.15) is 0 Å². The van der Waals surface area contributed by atoms with Gasteiger partial charge < -0.3 is 4.74 Å². The highest BCUT2D eigenvalue weighted by atomic mass is 17.0. The molecule has 0 fully saturated rings. The first-order valence-corrected chi connectivity index (χ1v) is 5.57. The SMILES string of the molecule is O=[N+]([O-])Oc1cccc(Oc2ccccc2)c1O[N+](=O)[O-]. The molecule has 0 aromatic heterocycles. The summed E-state index contributed by atoms with van der Waals surface area (Å²) in [6.07, 6.45) is 0. The van der Waals surface area contributed by atoms with Crippen LogP contribution in [0.2, 0.25) is 0 Å². The van der Waals surface area contributed by atoms with Gasteiger partial charge in [-0.05, 0) is 24.3 Å². The summed E-state index contributed by atoms with van der Waals surface area (Å²) in [5.41, 5.74) is 0. The average molecular weight is 292 g/mol. The van der Waals surface area contributed by atoms with Crippen molar-refractivity contribution < 1.29 is 24.6 Å². The lowest BCUT2D eigenvalue weighted by Crippen LogP contribution is -2.09. The highest BCUT2D eigenvalue weighted by molar-refractivity contribution is 5.52. The van der Waals surface area contributed by atoms with Crippen LogP contribution in [0.15, 0.2) is 48.5 Å². The van der Waals surface area contributed by atoms with E-state index >= 15 is 0 Å². The highest BCUT2D eigenvalue weighted by Gasteiger charge is 2.17. The zero-order valence-corrected chi connectivity index (χ0v) is 10.4. The summed E-state index contributed by atoms with van der Waals surface area (Å²) in [6.45, 7) is 0. The van der Waals surface area contributed by atoms with Gasteiger partial charge in [-0.15, -0.1) is 20.2 Å². The predicted octanol–water partition coefficient (Wildman–Crippen LogP) is 2.62. The van der Waals surface area contributed by atoms with Crippen LogP contribution in [0.5, 0.6) is 23.0 Å². The summed E-state index contributed by atoms with van der Waals surface area (Å²) in [5, 5.41) is 18.7. The fourth-order valence-electron chi connectivity index (χ4n) is 1.51. The van der Waals surface area contributed by atoms with Gasteiger partial charge in [0.2, 0.25) is 0 Å². The van der Waals surface area contributed by atoms with Gasteiger partial charge in [-0.25, -0.2) is 0 Å². The van der Waals surface area contributed by atoms with Gasteiger partial charge in [0.1, 0.15) is 5.75 Å². The van der Waals surface area contributed by atoms with E-state index in [1.165, 1.54) is 12.1 Å². The first kappa shape index (κ1) is 14.1. The fourth-order valence-corrected chi connectivity index (χ4v) is 1.51. The normalized spacial score (nSPS) is 9.71. The Morgan fingerprint density at radius 2 is 1.38 bits per heavy atom. The molecule has 0 aliphatic heterocycles. The molecule has 2 rings (SSSR count). The van der Waals surface area contributed by atoms with Gasteiger partial charge in [-0.1, -0.05) is 24.3 Å². The molecule has 0 atom stereocenters. The molecule has 108 valence electrons. The molecule has 9 nitrogen and oxygen atoms in total. The van der Waals surface area contributed by atoms with Crippen molar-refractivity contribution >= 4 is 0 Å². The van der Waals surface area contributed by atoms with Crippen molar-refractivity contribution in [1.82, 2.24) is 0 Å². The van der Waals surface area contributed by atoms with Crippen molar-refractivity contribution in [2.75, 3.05) is 0 Å². The van der Waals surface area contributed by atoms with Gasteiger partial charge in [0, 0.05) is 0 Å². The number of para-hydroxylation sites is 2. The first-order chi connectivity index (χ1) is 10.1. The van der Waals surface area contributed by atoms with Crippen LogP contribution in [0, 0.1) is 20.2 Å². The minimum absolute atomic E-state index is 0.0859. The van der Waals surface area contributed by atoms with Crippen LogP contribution in [0.25, 0.3) is 0 Å². The summed E-state index contributed by atoms with van der Waals surface area (Å²) < 4.78 is 5.40. The zero-order chi connectivity index (χ0) is 15.2. The van der Waals surface area contributed by atoms with Crippen molar-refractivity contribution in [3.63, 3.8) is 0 Å². The molecule has 0 bridgehead atoms. The van der Waals surface area contributed by atoms with Crippen LogP contribution in [0.3, 0.4) is 0 Å². The fraction of sp³-hybridized carbons (Fsp3) is 0. The van der Waals surface area contributed by atoms with Crippen LogP contribution in [-0.4, -0.2) is 10.2 Å². The maximum absolute atomic E-state index is 10.5. The van der Waals surface area contributed by atoms with Gasteiger partial charge in [0.15, 0.2) is 17.2 Å². The van der Waals surface area contributed by atoms with Gasteiger partial charge in [-0.3, -0.25) is 9.68 Å². The van der Waals surface area contributed by atoms with Gasteiger partial charge in [0.05, 0.1) is 0 Å². The zero-order valence-electron chi connectivity index (χ0n) is 10.4. The Balaban J connectivity index is 2.39. The third-order valence-electron chi connectivity index (χ3n) is 2.25. The van der Waals surface area contributed by atoms with Crippen molar-refractivity contribution in [3.8, 4) is 23.0 Å². The first-order valence-electron chi connectivity index (χ1n) is 5.57. The lowest BCUT2D eigenvalue weighted by molar-refractivity contribution is -0.721. The van der Waals surface area contributed by atoms with Crippen molar-refractivity contribution in [2.45, 2.75) is 0 Å². The smallest absolute Gasteiger partial charge is 0.299 e. The molecule has 0 unspecified atom stereocenters. The summed E-state index contributed by atoms with van der Waals surface area (Å²) in [7, 11) is 0. The molecular formula is C12H8N2O7. The molecule has 0 radical (unpaired) electrons. The Labute approximate surface area is 117 Å². The highest BCUT2D eigenvalue weighted by Crippen LogP contribution is 2.39. The molecule has 0 N–H and O–H groups in total. The molecule has 2 aromatic carbocycles. The second-order valence-corrected chi connectivity index (χ2v) is 3.63. The van der Waals surface area contributed by atoms with E-state index in [-0.39, 0.29) is 5.75 Å². The molecule has 0 saturated heterocycles. The molecule has 0 aliphatic carbocycles. The topological polar surface area (TPSA) is 114 Å². The predicted molar refractivity (Wildman–Crippen MR) is 68.2 cm³/mol. The van der Waals surface area contributed by atoms with Crippen LogP contribution < -0.4 is 14.4 Å². The van der Waals surface area contributed by atoms with E-state index in [1.807, 2.05) is 0 Å². The van der Waals surface area contributed by atoms with Gasteiger partial charge in [0.25, 0.3) is 10.2 Å². The summed E-state index contributed by atoms with van der Waals surface area (Å²) >= 11 is 0. The molecular weight excluding hydrogens is 284 g/mol. The maximum atomic E-state index is 10.5. The van der Waals surface area contributed by atoms with Crippen LogP contribution in [0.4, 0.5) is 0 Å². The summed E-state index contributed by atoms with van der Waals surface area (Å²) in [6, 6.07) is 12.3. The molecule has 0 amide bonds. The third kappa shape index (κ3) is 3.80. The minimum Gasteiger partial charge on any atom is -0.455 e.